The summed E-state index contributed by atoms with van der Waals surface area (Å²) >= 11 is 0. The summed E-state index contributed by atoms with van der Waals surface area (Å²) in [5.74, 6) is -1.07. The fraction of sp³-hybridized carbons (Fsp3) is 0.227. The van der Waals surface area contributed by atoms with Crippen molar-refractivity contribution >= 4 is 12.1 Å². The molecule has 1 aliphatic carbocycles. The number of carbonyl (C=O) groups excluding carboxylic acids is 1. The van der Waals surface area contributed by atoms with Gasteiger partial charge in [-0.3, -0.25) is 4.79 Å². The van der Waals surface area contributed by atoms with Gasteiger partial charge in [-0.2, -0.15) is 0 Å². The largest absolute Gasteiger partial charge is 0.481 e. The molecular formula is C22H21N3O4. The standard InChI is InChI=1S/C22H21N3O4/c1-25-13-23-11-20(25)19(10-21(26)27)24-22(28)29-12-18-16-8-4-2-6-14(16)15-7-3-5-9-17(15)18/h2-9,11,13,18-19H,10,12H2,1H3,(H,24,28)(H,26,27)/t19-/m0/s1. The highest BCUT2D eigenvalue weighted by Gasteiger charge is 2.29. The number of alkyl carbamates (subject to hydrolysis) is 1. The molecule has 4 rings (SSSR count). The van der Waals surface area contributed by atoms with E-state index >= 15 is 0 Å². The average Bonchev–Trinajstić information content (AvgIpc) is 3.27. The molecule has 0 aliphatic heterocycles. The summed E-state index contributed by atoms with van der Waals surface area (Å²) in [6, 6.07) is 15.4. The Hall–Kier alpha value is -3.61. The molecule has 1 aliphatic rings. The van der Waals surface area contributed by atoms with Crippen LogP contribution in [0.1, 0.15) is 35.2 Å². The lowest BCUT2D eigenvalue weighted by atomic mass is 9.98. The van der Waals surface area contributed by atoms with E-state index in [0.717, 1.165) is 22.3 Å². The molecule has 0 fully saturated rings. The number of ether oxygens (including phenoxy) is 1. The molecule has 7 heteroatoms. The molecule has 0 unspecified atom stereocenters. The van der Waals surface area contributed by atoms with Crippen LogP contribution >= 0.6 is 0 Å². The molecule has 29 heavy (non-hydrogen) atoms. The number of aromatic nitrogens is 2. The van der Waals surface area contributed by atoms with E-state index in [1.807, 2.05) is 36.4 Å². The summed E-state index contributed by atoms with van der Waals surface area (Å²) < 4.78 is 7.19. The smallest absolute Gasteiger partial charge is 0.407 e. The lowest BCUT2D eigenvalue weighted by Crippen LogP contribution is -2.32. The van der Waals surface area contributed by atoms with Gasteiger partial charge in [0.1, 0.15) is 6.61 Å². The first-order valence-corrected chi connectivity index (χ1v) is 9.34. The highest BCUT2D eigenvalue weighted by molar-refractivity contribution is 5.79. The van der Waals surface area contributed by atoms with E-state index in [1.54, 1.807) is 17.9 Å². The first-order valence-electron chi connectivity index (χ1n) is 9.34. The number of carboxylic acid groups (broad SMARTS) is 1. The predicted octanol–water partition coefficient (Wildman–Crippen LogP) is 3.47. The molecule has 1 atom stereocenters. The zero-order valence-corrected chi connectivity index (χ0v) is 15.9. The van der Waals surface area contributed by atoms with Gasteiger partial charge in [0.2, 0.25) is 0 Å². The molecule has 3 aromatic rings. The number of carboxylic acids is 1. The molecule has 0 saturated heterocycles. The van der Waals surface area contributed by atoms with Crippen LogP contribution in [0.15, 0.2) is 61.1 Å². The molecule has 0 saturated carbocycles. The minimum atomic E-state index is -1.02. The number of rotatable bonds is 6. The maximum absolute atomic E-state index is 12.5. The van der Waals surface area contributed by atoms with Gasteiger partial charge in [0.15, 0.2) is 0 Å². The van der Waals surface area contributed by atoms with E-state index in [-0.39, 0.29) is 18.9 Å². The van der Waals surface area contributed by atoms with Crippen molar-refractivity contribution in [3.8, 4) is 11.1 Å². The number of aryl methyl sites for hydroxylation is 1. The Bertz CT molecular complexity index is 1010. The van der Waals surface area contributed by atoms with Gasteiger partial charge in [0, 0.05) is 13.0 Å². The molecule has 2 N–H and O–H groups in total. The van der Waals surface area contributed by atoms with Gasteiger partial charge < -0.3 is 19.7 Å². The second-order valence-electron chi connectivity index (χ2n) is 7.05. The number of imidazole rings is 1. The highest BCUT2D eigenvalue weighted by Crippen LogP contribution is 2.44. The van der Waals surface area contributed by atoms with E-state index in [2.05, 4.69) is 22.4 Å². The Kier molecular flexibility index (Phi) is 5.03. The first-order chi connectivity index (χ1) is 14.0. The van der Waals surface area contributed by atoms with Crippen molar-refractivity contribution in [1.29, 1.82) is 0 Å². The normalized spacial score (nSPS) is 13.4. The van der Waals surface area contributed by atoms with E-state index in [0.29, 0.717) is 5.69 Å². The molecule has 1 heterocycles. The number of aliphatic carboxylic acids is 1. The summed E-state index contributed by atoms with van der Waals surface area (Å²) in [5.41, 5.74) is 5.14. The van der Waals surface area contributed by atoms with Crippen LogP contribution in [0, 0.1) is 0 Å². The number of amides is 1. The number of hydrogen-bond acceptors (Lipinski definition) is 4. The SMILES string of the molecule is Cn1cncc1[C@H](CC(=O)O)NC(=O)OCC1c2ccccc2-c2ccccc21. The maximum Gasteiger partial charge on any atom is 0.407 e. The second-order valence-corrected chi connectivity index (χ2v) is 7.05. The summed E-state index contributed by atoms with van der Waals surface area (Å²) in [6.07, 6.45) is 2.18. The van der Waals surface area contributed by atoms with Gasteiger partial charge in [-0.1, -0.05) is 48.5 Å². The van der Waals surface area contributed by atoms with E-state index < -0.39 is 18.1 Å². The van der Waals surface area contributed by atoms with Crippen molar-refractivity contribution in [2.75, 3.05) is 6.61 Å². The van der Waals surface area contributed by atoms with E-state index in [4.69, 9.17) is 4.74 Å². The van der Waals surface area contributed by atoms with Crippen LogP contribution in [0.2, 0.25) is 0 Å². The van der Waals surface area contributed by atoms with E-state index in [1.165, 1.54) is 6.20 Å². The fourth-order valence-corrected chi connectivity index (χ4v) is 3.89. The van der Waals surface area contributed by atoms with Crippen LogP contribution in [0.25, 0.3) is 11.1 Å². The molecule has 1 amide bonds. The van der Waals surface area contributed by atoms with Gasteiger partial charge in [-0.05, 0) is 22.3 Å². The van der Waals surface area contributed by atoms with Crippen molar-refractivity contribution < 1.29 is 19.4 Å². The van der Waals surface area contributed by atoms with Crippen molar-refractivity contribution in [2.24, 2.45) is 7.05 Å². The van der Waals surface area contributed by atoms with Gasteiger partial charge >= 0.3 is 12.1 Å². The third-order valence-electron chi connectivity index (χ3n) is 5.23. The Morgan fingerprint density at radius 3 is 2.31 bits per heavy atom. The number of hydrogen-bond donors (Lipinski definition) is 2. The number of benzene rings is 2. The fourth-order valence-electron chi connectivity index (χ4n) is 3.89. The molecule has 2 aromatic carbocycles. The second kappa shape index (κ2) is 7.79. The summed E-state index contributed by atoms with van der Waals surface area (Å²) in [4.78, 5) is 27.7. The van der Waals surface area contributed by atoms with Crippen LogP contribution in [0.5, 0.6) is 0 Å². The lowest BCUT2D eigenvalue weighted by Gasteiger charge is -2.19. The van der Waals surface area contributed by atoms with Crippen molar-refractivity contribution in [3.63, 3.8) is 0 Å². The third-order valence-corrected chi connectivity index (χ3v) is 5.23. The minimum Gasteiger partial charge on any atom is -0.481 e. The Balaban J connectivity index is 1.48. The van der Waals surface area contributed by atoms with Crippen LogP contribution in [0.3, 0.4) is 0 Å². The summed E-state index contributed by atoms with van der Waals surface area (Å²) in [7, 11) is 1.75. The number of nitrogens with zero attached hydrogens (tertiary/aromatic N) is 2. The van der Waals surface area contributed by atoms with Gasteiger partial charge in [-0.15, -0.1) is 0 Å². The minimum absolute atomic E-state index is 0.0530. The average molecular weight is 391 g/mol. The third kappa shape index (κ3) is 3.71. The Morgan fingerprint density at radius 1 is 1.14 bits per heavy atom. The predicted molar refractivity (Wildman–Crippen MR) is 106 cm³/mol. The van der Waals surface area contributed by atoms with Crippen molar-refractivity contribution in [1.82, 2.24) is 14.9 Å². The van der Waals surface area contributed by atoms with Crippen LogP contribution in [-0.4, -0.2) is 33.3 Å². The first kappa shape index (κ1) is 18.7. The van der Waals surface area contributed by atoms with Crippen LogP contribution < -0.4 is 5.32 Å². The Morgan fingerprint density at radius 2 is 1.76 bits per heavy atom. The topological polar surface area (TPSA) is 93.5 Å². The van der Waals surface area contributed by atoms with E-state index in [9.17, 15) is 14.7 Å². The Labute approximate surface area is 168 Å². The molecule has 0 radical (unpaired) electrons. The zero-order valence-electron chi connectivity index (χ0n) is 15.9. The molecule has 0 bridgehead atoms. The summed E-state index contributed by atoms with van der Waals surface area (Å²) in [6.45, 7) is 0.172. The van der Waals surface area contributed by atoms with Crippen molar-refractivity contribution in [3.05, 3.63) is 77.9 Å². The quantitative estimate of drug-likeness (QED) is 0.671. The van der Waals surface area contributed by atoms with Gasteiger partial charge in [-0.25, -0.2) is 9.78 Å². The van der Waals surface area contributed by atoms with Gasteiger partial charge in [0.25, 0.3) is 0 Å². The molecule has 148 valence electrons. The highest BCUT2D eigenvalue weighted by atomic mass is 16.5. The summed E-state index contributed by atoms with van der Waals surface area (Å²) in [5, 5.41) is 11.8. The molecule has 0 spiro atoms. The van der Waals surface area contributed by atoms with Crippen molar-refractivity contribution in [2.45, 2.75) is 18.4 Å². The lowest BCUT2D eigenvalue weighted by molar-refractivity contribution is -0.137. The molecular weight excluding hydrogens is 370 g/mol. The van der Waals surface area contributed by atoms with Gasteiger partial charge in [0.05, 0.1) is 30.7 Å². The van der Waals surface area contributed by atoms with Crippen LogP contribution in [0.4, 0.5) is 4.79 Å². The molecule has 1 aromatic heterocycles. The number of carbonyl (C=O) groups is 2. The molecule has 7 nitrogen and oxygen atoms in total. The number of nitrogens with one attached hydrogen (secondary N) is 1. The van der Waals surface area contributed by atoms with Crippen LogP contribution in [-0.2, 0) is 16.6 Å². The maximum atomic E-state index is 12.5. The monoisotopic (exact) mass is 391 g/mol. The zero-order chi connectivity index (χ0) is 20.4. The number of fused-ring (bicyclic) bond motifs is 3.